The molecule has 1 atom stereocenters. The van der Waals surface area contributed by atoms with Crippen molar-refractivity contribution in [2.75, 3.05) is 19.0 Å². The van der Waals surface area contributed by atoms with Gasteiger partial charge in [-0.3, -0.25) is 10.1 Å². The molecule has 8 heteroatoms. The molecular formula is C12H16ClFN4O2. The Labute approximate surface area is 121 Å². The van der Waals surface area contributed by atoms with Gasteiger partial charge in [-0.1, -0.05) is 6.07 Å². The quantitative estimate of drug-likeness (QED) is 0.884. The van der Waals surface area contributed by atoms with Crippen molar-refractivity contribution in [1.82, 2.24) is 9.55 Å². The highest BCUT2D eigenvalue weighted by atomic mass is 35.5. The highest BCUT2D eigenvalue weighted by molar-refractivity contribution is 5.95. The van der Waals surface area contributed by atoms with Gasteiger partial charge in [0, 0.05) is 14.2 Å². The number of aromatic nitrogens is 2. The van der Waals surface area contributed by atoms with E-state index in [4.69, 9.17) is 10.5 Å². The Kier molecular flexibility index (Phi) is 5.43. The molecular weight excluding hydrogens is 287 g/mol. The highest BCUT2D eigenvalue weighted by Gasteiger charge is 2.17. The Morgan fingerprint density at radius 1 is 1.60 bits per heavy atom. The lowest BCUT2D eigenvalue weighted by atomic mass is 10.3. The molecule has 110 valence electrons. The second-order valence-electron chi connectivity index (χ2n) is 4.15. The summed E-state index contributed by atoms with van der Waals surface area (Å²) < 4.78 is 20.0. The van der Waals surface area contributed by atoms with Gasteiger partial charge in [0.2, 0.25) is 11.9 Å². The smallest absolute Gasteiger partial charge is 0.245 e. The van der Waals surface area contributed by atoms with Crippen LogP contribution in [0.1, 0.15) is 0 Å². The number of amides is 1. The topological polar surface area (TPSA) is 82.2 Å². The molecule has 0 fully saturated rings. The number of rotatable bonds is 4. The first-order chi connectivity index (χ1) is 9.04. The van der Waals surface area contributed by atoms with Crippen LogP contribution in [0.15, 0.2) is 18.2 Å². The Morgan fingerprint density at radius 3 is 2.90 bits per heavy atom. The summed E-state index contributed by atoms with van der Waals surface area (Å²) in [5.41, 5.74) is 6.40. The molecule has 0 bridgehead atoms. The fourth-order valence-corrected chi connectivity index (χ4v) is 1.75. The van der Waals surface area contributed by atoms with Gasteiger partial charge < -0.3 is 15.0 Å². The van der Waals surface area contributed by atoms with Gasteiger partial charge in [0.05, 0.1) is 12.1 Å². The second-order valence-corrected chi connectivity index (χ2v) is 4.15. The van der Waals surface area contributed by atoms with Crippen molar-refractivity contribution >= 4 is 35.3 Å². The molecule has 1 aromatic carbocycles. The Balaban J connectivity index is 0.00000200. The van der Waals surface area contributed by atoms with Gasteiger partial charge in [-0.2, -0.15) is 0 Å². The van der Waals surface area contributed by atoms with Gasteiger partial charge in [0.1, 0.15) is 11.6 Å². The van der Waals surface area contributed by atoms with Crippen molar-refractivity contribution < 1.29 is 13.9 Å². The monoisotopic (exact) mass is 302 g/mol. The zero-order chi connectivity index (χ0) is 14.0. The zero-order valence-electron chi connectivity index (χ0n) is 11.1. The lowest BCUT2D eigenvalue weighted by molar-refractivity contribution is -0.118. The Bertz CT molecular complexity index is 617. The molecule has 2 aromatic rings. The van der Waals surface area contributed by atoms with Crippen LogP contribution in [0.5, 0.6) is 0 Å². The minimum atomic E-state index is -0.797. The molecule has 1 aromatic heterocycles. The van der Waals surface area contributed by atoms with E-state index in [2.05, 4.69) is 10.3 Å². The van der Waals surface area contributed by atoms with E-state index in [0.717, 1.165) is 0 Å². The Morgan fingerprint density at radius 2 is 2.30 bits per heavy atom. The number of hydrogen-bond donors (Lipinski definition) is 2. The average Bonchev–Trinajstić information content (AvgIpc) is 2.69. The van der Waals surface area contributed by atoms with E-state index in [-0.39, 0.29) is 30.5 Å². The third kappa shape index (κ3) is 3.06. The van der Waals surface area contributed by atoms with Crippen LogP contribution in [-0.4, -0.2) is 35.2 Å². The van der Waals surface area contributed by atoms with Crippen LogP contribution >= 0.6 is 12.4 Å². The number of methoxy groups -OCH3 is 1. The summed E-state index contributed by atoms with van der Waals surface area (Å²) in [6.45, 7) is 0.101. The summed E-state index contributed by atoms with van der Waals surface area (Å²) >= 11 is 0. The van der Waals surface area contributed by atoms with Crippen LogP contribution in [0.3, 0.4) is 0 Å². The van der Waals surface area contributed by atoms with Crippen LogP contribution < -0.4 is 11.1 Å². The number of aryl methyl sites for hydroxylation is 1. The molecule has 0 radical (unpaired) electrons. The van der Waals surface area contributed by atoms with Crippen molar-refractivity contribution in [3.63, 3.8) is 0 Å². The fraction of sp³-hybridized carbons (Fsp3) is 0.333. The molecule has 0 aliphatic rings. The SMILES string of the molecule is COCC(N)C(=O)Nc1nc2c(F)cccc2n1C.Cl. The van der Waals surface area contributed by atoms with Crippen LogP contribution in [-0.2, 0) is 16.6 Å². The van der Waals surface area contributed by atoms with Gasteiger partial charge >= 0.3 is 0 Å². The number of benzene rings is 1. The van der Waals surface area contributed by atoms with E-state index in [1.165, 1.54) is 13.2 Å². The molecule has 0 aliphatic heterocycles. The number of fused-ring (bicyclic) bond motifs is 1. The maximum absolute atomic E-state index is 13.6. The molecule has 1 amide bonds. The van der Waals surface area contributed by atoms with E-state index in [1.54, 1.807) is 23.7 Å². The van der Waals surface area contributed by atoms with Gasteiger partial charge in [0.25, 0.3) is 0 Å². The van der Waals surface area contributed by atoms with E-state index < -0.39 is 17.8 Å². The summed E-state index contributed by atoms with van der Waals surface area (Å²) in [4.78, 5) is 15.8. The number of nitrogens with zero attached hydrogens (tertiary/aromatic N) is 2. The standard InChI is InChI=1S/C12H15FN4O2.ClH/c1-17-9-5-3-4-7(13)10(9)15-12(17)16-11(18)8(14)6-19-2;/h3-5,8H,6,14H2,1-2H3,(H,15,16,18);1H. The number of nitrogens with one attached hydrogen (secondary N) is 1. The molecule has 20 heavy (non-hydrogen) atoms. The number of hydrogen-bond acceptors (Lipinski definition) is 4. The normalized spacial score (nSPS) is 12.0. The minimum absolute atomic E-state index is 0. The molecule has 0 aliphatic carbocycles. The van der Waals surface area contributed by atoms with Crippen LogP contribution in [0.4, 0.5) is 10.3 Å². The predicted molar refractivity (Wildman–Crippen MR) is 76.4 cm³/mol. The fourth-order valence-electron chi connectivity index (χ4n) is 1.75. The lowest BCUT2D eigenvalue weighted by Crippen LogP contribution is -2.39. The van der Waals surface area contributed by atoms with Crippen molar-refractivity contribution in [2.24, 2.45) is 12.8 Å². The predicted octanol–water partition coefficient (Wildman–Crippen LogP) is 1.05. The van der Waals surface area contributed by atoms with Crippen LogP contribution in [0.2, 0.25) is 0 Å². The highest BCUT2D eigenvalue weighted by Crippen LogP contribution is 2.20. The molecule has 0 spiro atoms. The lowest BCUT2D eigenvalue weighted by Gasteiger charge is -2.10. The van der Waals surface area contributed by atoms with E-state index in [9.17, 15) is 9.18 Å². The Hall–Kier alpha value is -1.70. The van der Waals surface area contributed by atoms with Gasteiger partial charge in [-0.25, -0.2) is 9.37 Å². The number of ether oxygens (including phenoxy) is 1. The summed E-state index contributed by atoms with van der Waals surface area (Å²) in [6, 6.07) is 3.82. The van der Waals surface area contributed by atoms with Gasteiger partial charge in [0.15, 0.2) is 5.82 Å². The number of nitrogens with two attached hydrogens (primary N) is 1. The number of carbonyl (C=O) groups excluding carboxylic acids is 1. The maximum atomic E-state index is 13.6. The van der Waals surface area contributed by atoms with Gasteiger partial charge in [-0.05, 0) is 12.1 Å². The van der Waals surface area contributed by atoms with Crippen molar-refractivity contribution in [3.05, 3.63) is 24.0 Å². The molecule has 0 saturated heterocycles. The third-order valence-corrected chi connectivity index (χ3v) is 2.78. The van der Waals surface area contributed by atoms with Crippen molar-refractivity contribution in [2.45, 2.75) is 6.04 Å². The van der Waals surface area contributed by atoms with Crippen LogP contribution in [0, 0.1) is 5.82 Å². The first-order valence-corrected chi connectivity index (χ1v) is 5.71. The first-order valence-electron chi connectivity index (χ1n) is 5.71. The van der Waals surface area contributed by atoms with E-state index in [1.807, 2.05) is 0 Å². The minimum Gasteiger partial charge on any atom is -0.383 e. The molecule has 1 heterocycles. The van der Waals surface area contributed by atoms with Crippen molar-refractivity contribution in [1.29, 1.82) is 0 Å². The molecule has 1 unspecified atom stereocenters. The van der Waals surface area contributed by atoms with E-state index in [0.29, 0.717) is 5.52 Å². The number of imidazole rings is 1. The average molecular weight is 303 g/mol. The molecule has 0 saturated carbocycles. The maximum Gasteiger partial charge on any atom is 0.245 e. The van der Waals surface area contributed by atoms with Gasteiger partial charge in [-0.15, -0.1) is 12.4 Å². The summed E-state index contributed by atoms with van der Waals surface area (Å²) in [5.74, 6) is -0.618. The molecule has 3 N–H and O–H groups in total. The zero-order valence-corrected chi connectivity index (χ0v) is 11.9. The summed E-state index contributed by atoms with van der Waals surface area (Å²) in [5, 5.41) is 2.55. The number of carbonyl (C=O) groups is 1. The summed E-state index contributed by atoms with van der Waals surface area (Å²) in [6.07, 6.45) is 0. The van der Waals surface area contributed by atoms with Crippen molar-refractivity contribution in [3.8, 4) is 0 Å². The largest absolute Gasteiger partial charge is 0.383 e. The number of para-hydroxylation sites is 1. The number of anilines is 1. The third-order valence-electron chi connectivity index (χ3n) is 2.78. The summed E-state index contributed by atoms with van der Waals surface area (Å²) in [7, 11) is 3.14. The number of halogens is 2. The van der Waals surface area contributed by atoms with E-state index >= 15 is 0 Å². The van der Waals surface area contributed by atoms with Crippen LogP contribution in [0.25, 0.3) is 11.0 Å². The second kappa shape index (κ2) is 6.65. The first kappa shape index (κ1) is 16.4. The molecule has 2 rings (SSSR count). The molecule has 6 nitrogen and oxygen atoms in total.